The van der Waals surface area contributed by atoms with Crippen LogP contribution >= 0.6 is 0 Å². The molecule has 0 bridgehead atoms. The third-order valence-corrected chi connectivity index (χ3v) is 4.28. The van der Waals surface area contributed by atoms with Gasteiger partial charge in [0.05, 0.1) is 0 Å². The van der Waals surface area contributed by atoms with Crippen molar-refractivity contribution in [3.05, 3.63) is 71.8 Å². The highest BCUT2D eigenvalue weighted by Gasteiger charge is 2.53. The summed E-state index contributed by atoms with van der Waals surface area (Å²) in [5.41, 5.74) is -0.101. The van der Waals surface area contributed by atoms with Crippen molar-refractivity contribution in [2.75, 3.05) is 0 Å². The summed E-state index contributed by atoms with van der Waals surface area (Å²) in [6.45, 7) is 2.09. The van der Waals surface area contributed by atoms with Gasteiger partial charge in [0.15, 0.2) is 0 Å². The summed E-state index contributed by atoms with van der Waals surface area (Å²) < 4.78 is 10.8. The van der Waals surface area contributed by atoms with Gasteiger partial charge in [0.25, 0.3) is 5.54 Å². The fourth-order valence-corrected chi connectivity index (χ4v) is 2.78. The molecule has 0 N–H and O–H groups in total. The Balaban J connectivity index is 1.84. The average Bonchev–Trinajstić information content (AvgIpc) is 3.03. The maximum Gasteiger partial charge on any atom is 0.352 e. The summed E-state index contributed by atoms with van der Waals surface area (Å²) in [5, 5.41) is 0. The lowest BCUT2D eigenvalue weighted by Crippen LogP contribution is -2.44. The van der Waals surface area contributed by atoms with Crippen LogP contribution in [0.4, 0.5) is 0 Å². The Hall–Kier alpha value is -2.95. The molecule has 0 unspecified atom stereocenters. The Bertz CT molecular complexity index is 801. The highest BCUT2D eigenvalue weighted by Crippen LogP contribution is 2.30. The highest BCUT2D eigenvalue weighted by molar-refractivity contribution is 6.17. The second-order valence-electron chi connectivity index (χ2n) is 6.20. The first kappa shape index (κ1) is 17.9. The van der Waals surface area contributed by atoms with Crippen molar-refractivity contribution in [3.63, 3.8) is 0 Å². The van der Waals surface area contributed by atoms with Gasteiger partial charge in [-0.2, -0.15) is 0 Å². The number of benzene rings is 2. The van der Waals surface area contributed by atoms with E-state index in [0.717, 1.165) is 12.0 Å². The van der Waals surface area contributed by atoms with Crippen LogP contribution in [-0.4, -0.2) is 23.4 Å². The first-order valence-electron chi connectivity index (χ1n) is 8.74. The van der Waals surface area contributed by atoms with Gasteiger partial charge in [-0.1, -0.05) is 68.3 Å². The Morgan fingerprint density at radius 2 is 1.73 bits per heavy atom. The molecule has 1 aliphatic rings. The van der Waals surface area contributed by atoms with Gasteiger partial charge in [-0.15, -0.1) is 0 Å². The van der Waals surface area contributed by atoms with E-state index in [1.165, 1.54) is 0 Å². The Morgan fingerprint density at radius 1 is 1.08 bits per heavy atom. The van der Waals surface area contributed by atoms with Gasteiger partial charge in [-0.25, -0.2) is 14.6 Å². The van der Waals surface area contributed by atoms with Crippen LogP contribution in [0.2, 0.25) is 0 Å². The molecule has 2 aromatic carbocycles. The summed E-state index contributed by atoms with van der Waals surface area (Å²) in [6.07, 6.45) is 1.77. The van der Waals surface area contributed by atoms with E-state index in [2.05, 4.69) is 4.99 Å². The van der Waals surface area contributed by atoms with Gasteiger partial charge in [-0.3, -0.25) is 0 Å². The minimum atomic E-state index is -1.62. The van der Waals surface area contributed by atoms with E-state index in [9.17, 15) is 9.59 Å². The van der Waals surface area contributed by atoms with Gasteiger partial charge >= 0.3 is 11.9 Å². The first-order valence-corrected chi connectivity index (χ1v) is 8.74. The molecule has 0 fully saturated rings. The molecule has 1 heterocycles. The second kappa shape index (κ2) is 7.95. The van der Waals surface area contributed by atoms with E-state index in [-0.39, 0.29) is 18.9 Å². The van der Waals surface area contributed by atoms with E-state index in [1.54, 1.807) is 12.1 Å². The number of carbonyl (C=O) groups is 2. The van der Waals surface area contributed by atoms with Crippen LogP contribution in [0.25, 0.3) is 0 Å². The number of hydrogen-bond acceptors (Lipinski definition) is 5. The van der Waals surface area contributed by atoms with Gasteiger partial charge in [0.1, 0.15) is 6.61 Å². The molecule has 26 heavy (non-hydrogen) atoms. The number of rotatable bonds is 7. The van der Waals surface area contributed by atoms with Crippen LogP contribution in [0.3, 0.4) is 0 Å². The lowest BCUT2D eigenvalue weighted by atomic mass is 9.94. The third kappa shape index (κ3) is 3.67. The summed E-state index contributed by atoms with van der Waals surface area (Å²) in [6, 6.07) is 18.4. The number of cyclic esters (lactones) is 1. The molecular formula is C21H21NO4. The summed E-state index contributed by atoms with van der Waals surface area (Å²) >= 11 is 0. The minimum Gasteiger partial charge on any atom is -0.459 e. The van der Waals surface area contributed by atoms with Crippen molar-refractivity contribution in [1.29, 1.82) is 0 Å². The molecule has 2 aromatic rings. The highest BCUT2D eigenvalue weighted by atomic mass is 16.6. The molecule has 1 aliphatic heterocycles. The monoisotopic (exact) mass is 351 g/mol. The number of carbonyl (C=O) groups excluding carboxylic acids is 2. The van der Waals surface area contributed by atoms with Crippen LogP contribution in [0, 0.1) is 0 Å². The molecule has 0 aliphatic carbocycles. The van der Waals surface area contributed by atoms with Gasteiger partial charge in [0, 0.05) is 5.56 Å². The number of aliphatic imine (C=N–C) groups is 1. The van der Waals surface area contributed by atoms with Crippen LogP contribution in [0.15, 0.2) is 65.7 Å². The number of ether oxygens (including phenoxy) is 2. The molecule has 3 rings (SSSR count). The van der Waals surface area contributed by atoms with Crippen molar-refractivity contribution in [2.24, 2.45) is 4.99 Å². The van der Waals surface area contributed by atoms with Gasteiger partial charge in [0.2, 0.25) is 5.90 Å². The molecule has 5 nitrogen and oxygen atoms in total. The number of esters is 2. The largest absolute Gasteiger partial charge is 0.459 e. The lowest BCUT2D eigenvalue weighted by Gasteiger charge is -2.19. The molecule has 0 amide bonds. The summed E-state index contributed by atoms with van der Waals surface area (Å²) in [7, 11) is 0. The smallest absolute Gasteiger partial charge is 0.352 e. The van der Waals surface area contributed by atoms with Crippen molar-refractivity contribution < 1.29 is 19.1 Å². The van der Waals surface area contributed by atoms with Crippen LogP contribution < -0.4 is 0 Å². The van der Waals surface area contributed by atoms with Gasteiger partial charge < -0.3 is 9.47 Å². The molecule has 0 saturated heterocycles. The normalized spacial score (nSPS) is 19.0. The quantitative estimate of drug-likeness (QED) is 0.564. The van der Waals surface area contributed by atoms with Crippen molar-refractivity contribution in [2.45, 2.75) is 38.3 Å². The molecule has 5 heteroatoms. The SMILES string of the molecule is CCCC[C@]1(C(=O)OCc2ccccc2)N=C(c2ccccc2)OC1=O. The predicted octanol–water partition coefficient (Wildman–Crippen LogP) is 3.66. The van der Waals surface area contributed by atoms with Gasteiger partial charge in [-0.05, 0) is 24.1 Å². The molecule has 1 atom stereocenters. The minimum absolute atomic E-state index is 0.0943. The lowest BCUT2D eigenvalue weighted by molar-refractivity contribution is -0.159. The van der Waals surface area contributed by atoms with Crippen LogP contribution in [0.1, 0.15) is 37.3 Å². The fourth-order valence-electron chi connectivity index (χ4n) is 2.78. The van der Waals surface area contributed by atoms with E-state index >= 15 is 0 Å². The molecule has 134 valence electrons. The number of unbranched alkanes of at least 4 members (excludes halogenated alkanes) is 1. The summed E-state index contributed by atoms with van der Waals surface area (Å²) in [5.74, 6) is -1.16. The summed E-state index contributed by atoms with van der Waals surface area (Å²) in [4.78, 5) is 29.8. The Kier molecular flexibility index (Phi) is 5.46. The fraction of sp³-hybridized carbons (Fsp3) is 0.286. The zero-order valence-electron chi connectivity index (χ0n) is 14.7. The maximum absolute atomic E-state index is 12.8. The average molecular weight is 351 g/mol. The van der Waals surface area contributed by atoms with E-state index in [1.807, 2.05) is 55.5 Å². The Labute approximate surface area is 152 Å². The topological polar surface area (TPSA) is 65.0 Å². The molecule has 0 spiro atoms. The van der Waals surface area contributed by atoms with E-state index < -0.39 is 17.5 Å². The Morgan fingerprint density at radius 3 is 2.38 bits per heavy atom. The molecule has 0 aromatic heterocycles. The molecule has 0 saturated carbocycles. The predicted molar refractivity (Wildman–Crippen MR) is 97.6 cm³/mol. The van der Waals surface area contributed by atoms with E-state index in [0.29, 0.717) is 12.0 Å². The van der Waals surface area contributed by atoms with Crippen molar-refractivity contribution in [3.8, 4) is 0 Å². The van der Waals surface area contributed by atoms with Crippen molar-refractivity contribution in [1.82, 2.24) is 0 Å². The number of nitrogens with zero attached hydrogens (tertiary/aromatic N) is 1. The molecular weight excluding hydrogens is 330 g/mol. The molecule has 0 radical (unpaired) electrons. The van der Waals surface area contributed by atoms with E-state index in [4.69, 9.17) is 9.47 Å². The maximum atomic E-state index is 12.8. The zero-order chi connectivity index (χ0) is 18.4. The number of hydrogen-bond donors (Lipinski definition) is 0. The van der Waals surface area contributed by atoms with Crippen LogP contribution in [0.5, 0.6) is 0 Å². The standard InChI is InChI=1S/C21H21NO4/c1-2-3-14-21(19(23)25-15-16-10-6-4-7-11-16)20(24)26-18(22-21)17-12-8-5-9-13-17/h4-13H,2-3,14-15H2,1H3/t21-/m1/s1. The van der Waals surface area contributed by atoms with Crippen molar-refractivity contribution >= 4 is 17.8 Å². The van der Waals surface area contributed by atoms with Crippen LogP contribution in [-0.2, 0) is 25.7 Å². The first-order chi connectivity index (χ1) is 12.7. The third-order valence-electron chi connectivity index (χ3n) is 4.28. The zero-order valence-corrected chi connectivity index (χ0v) is 14.7. The second-order valence-corrected chi connectivity index (χ2v) is 6.20.